The van der Waals surface area contributed by atoms with E-state index in [1.807, 2.05) is 0 Å². The second kappa shape index (κ2) is 2.44. The Labute approximate surface area is 57.5 Å². The molecule has 1 aliphatic rings. The van der Waals surface area contributed by atoms with Crippen molar-refractivity contribution in [1.29, 1.82) is 0 Å². The van der Waals surface area contributed by atoms with Crippen molar-refractivity contribution in [3.8, 4) is 0 Å². The molecule has 0 bridgehead atoms. The van der Waals surface area contributed by atoms with Crippen LogP contribution in [0.2, 0.25) is 0 Å². The van der Waals surface area contributed by atoms with Gasteiger partial charge in [-0.15, -0.1) is 0 Å². The maximum absolute atomic E-state index is 9.06. The SMILES string of the molecule is OC[C@@]1(O)OC[C@@H](O)[C@H]1O. The second-order valence-corrected chi connectivity index (χ2v) is 2.33. The van der Waals surface area contributed by atoms with E-state index >= 15 is 0 Å². The molecule has 5 heteroatoms. The first-order chi connectivity index (χ1) is 4.60. The van der Waals surface area contributed by atoms with E-state index in [2.05, 4.69) is 4.74 Å². The molecule has 60 valence electrons. The average Bonchev–Trinajstić information content (AvgIpc) is 2.19. The smallest absolute Gasteiger partial charge is 0.218 e. The molecule has 5 nitrogen and oxygen atoms in total. The summed E-state index contributed by atoms with van der Waals surface area (Å²) in [5.74, 6) is -1.97. The monoisotopic (exact) mass is 150 g/mol. The molecular weight excluding hydrogens is 140 g/mol. The molecule has 10 heavy (non-hydrogen) atoms. The highest BCUT2D eigenvalue weighted by Crippen LogP contribution is 2.22. The molecule has 3 atom stereocenters. The lowest BCUT2D eigenvalue weighted by atomic mass is 10.1. The lowest BCUT2D eigenvalue weighted by molar-refractivity contribution is -0.234. The van der Waals surface area contributed by atoms with Crippen LogP contribution in [0.1, 0.15) is 0 Å². The Morgan fingerprint density at radius 3 is 2.30 bits per heavy atom. The summed E-state index contributed by atoms with van der Waals surface area (Å²) >= 11 is 0. The molecule has 0 aromatic carbocycles. The van der Waals surface area contributed by atoms with Gasteiger partial charge in [-0.1, -0.05) is 0 Å². The summed E-state index contributed by atoms with van der Waals surface area (Å²) in [6.07, 6.45) is -2.53. The lowest BCUT2D eigenvalue weighted by Crippen LogP contribution is -2.46. The van der Waals surface area contributed by atoms with E-state index < -0.39 is 24.6 Å². The van der Waals surface area contributed by atoms with Gasteiger partial charge in [0.05, 0.1) is 13.2 Å². The van der Waals surface area contributed by atoms with Crippen LogP contribution in [0.15, 0.2) is 0 Å². The topological polar surface area (TPSA) is 90.2 Å². The Balaban J connectivity index is 2.64. The van der Waals surface area contributed by atoms with Gasteiger partial charge in [0, 0.05) is 0 Å². The zero-order valence-corrected chi connectivity index (χ0v) is 5.27. The van der Waals surface area contributed by atoms with E-state index in [1.54, 1.807) is 0 Å². The van der Waals surface area contributed by atoms with Gasteiger partial charge in [0.25, 0.3) is 0 Å². The molecule has 0 aromatic heterocycles. The number of ether oxygens (including phenoxy) is 1. The van der Waals surface area contributed by atoms with Crippen molar-refractivity contribution in [1.82, 2.24) is 0 Å². The quantitative estimate of drug-likeness (QED) is 0.329. The fraction of sp³-hybridized carbons (Fsp3) is 1.00. The van der Waals surface area contributed by atoms with Crippen LogP contribution in [0.25, 0.3) is 0 Å². The molecule has 0 aromatic rings. The van der Waals surface area contributed by atoms with Crippen molar-refractivity contribution in [2.24, 2.45) is 0 Å². The Morgan fingerprint density at radius 2 is 2.10 bits per heavy atom. The minimum atomic E-state index is -1.97. The lowest BCUT2D eigenvalue weighted by Gasteiger charge is -2.22. The summed E-state index contributed by atoms with van der Waals surface area (Å²) in [5.41, 5.74) is 0. The van der Waals surface area contributed by atoms with E-state index in [4.69, 9.17) is 20.4 Å². The summed E-state index contributed by atoms with van der Waals surface area (Å²) in [6, 6.07) is 0. The highest BCUT2D eigenvalue weighted by Gasteiger charge is 2.47. The van der Waals surface area contributed by atoms with Crippen LogP contribution in [0.3, 0.4) is 0 Å². The Hall–Kier alpha value is -0.200. The van der Waals surface area contributed by atoms with Crippen molar-refractivity contribution in [2.45, 2.75) is 18.0 Å². The fourth-order valence-corrected chi connectivity index (χ4v) is 0.846. The van der Waals surface area contributed by atoms with Gasteiger partial charge in [0.1, 0.15) is 12.2 Å². The first kappa shape index (κ1) is 7.90. The minimum absolute atomic E-state index is 0.155. The zero-order valence-electron chi connectivity index (χ0n) is 5.27. The van der Waals surface area contributed by atoms with E-state index in [9.17, 15) is 0 Å². The van der Waals surface area contributed by atoms with Gasteiger partial charge in [-0.2, -0.15) is 0 Å². The first-order valence-corrected chi connectivity index (χ1v) is 2.93. The van der Waals surface area contributed by atoms with E-state index in [0.29, 0.717) is 0 Å². The van der Waals surface area contributed by atoms with Crippen molar-refractivity contribution in [2.75, 3.05) is 13.2 Å². The number of aliphatic hydroxyl groups excluding tert-OH is 3. The summed E-state index contributed by atoms with van der Waals surface area (Å²) in [4.78, 5) is 0. The molecule has 1 heterocycles. The van der Waals surface area contributed by atoms with Gasteiger partial charge < -0.3 is 25.2 Å². The highest BCUT2D eigenvalue weighted by molar-refractivity contribution is 4.88. The van der Waals surface area contributed by atoms with E-state index in [-0.39, 0.29) is 6.61 Å². The van der Waals surface area contributed by atoms with Crippen molar-refractivity contribution < 1.29 is 25.2 Å². The predicted octanol–water partition coefficient (Wildman–Crippen LogP) is -2.58. The van der Waals surface area contributed by atoms with Crippen molar-refractivity contribution >= 4 is 0 Å². The van der Waals surface area contributed by atoms with E-state index in [1.165, 1.54) is 0 Å². The largest absolute Gasteiger partial charge is 0.391 e. The van der Waals surface area contributed by atoms with E-state index in [0.717, 1.165) is 0 Å². The molecule has 0 radical (unpaired) electrons. The molecule has 0 unspecified atom stereocenters. The van der Waals surface area contributed by atoms with Gasteiger partial charge in [0.15, 0.2) is 0 Å². The maximum atomic E-state index is 9.06. The predicted molar refractivity (Wildman–Crippen MR) is 30.0 cm³/mol. The molecule has 1 saturated heterocycles. The molecule has 4 N–H and O–H groups in total. The Morgan fingerprint density at radius 1 is 1.50 bits per heavy atom. The number of rotatable bonds is 1. The zero-order chi connectivity index (χ0) is 7.78. The normalized spacial score (nSPS) is 48.0. The molecule has 1 fully saturated rings. The van der Waals surface area contributed by atoms with Crippen LogP contribution in [0.5, 0.6) is 0 Å². The molecular formula is C5H10O5. The van der Waals surface area contributed by atoms with Crippen LogP contribution in [-0.2, 0) is 4.74 Å². The molecule has 0 aliphatic carbocycles. The number of aliphatic hydroxyl groups is 4. The molecule has 0 amide bonds. The van der Waals surface area contributed by atoms with Gasteiger partial charge in [-0.25, -0.2) is 0 Å². The van der Waals surface area contributed by atoms with Gasteiger partial charge in [-0.3, -0.25) is 0 Å². The average molecular weight is 150 g/mol. The third-order valence-corrected chi connectivity index (χ3v) is 1.56. The number of hydrogen-bond donors (Lipinski definition) is 4. The second-order valence-electron chi connectivity index (χ2n) is 2.33. The standard InChI is InChI=1S/C5H10O5/c6-2-5(9)4(8)3(7)1-10-5/h3-4,6-9H,1-2H2/t3-,4-,5-/m1/s1. The van der Waals surface area contributed by atoms with Gasteiger partial charge >= 0.3 is 0 Å². The summed E-state index contributed by atoms with van der Waals surface area (Å²) in [6.45, 7) is -0.872. The summed E-state index contributed by atoms with van der Waals surface area (Å²) in [7, 11) is 0. The van der Waals surface area contributed by atoms with Crippen molar-refractivity contribution in [3.63, 3.8) is 0 Å². The van der Waals surface area contributed by atoms with Crippen LogP contribution in [0, 0.1) is 0 Å². The molecule has 1 rings (SSSR count). The van der Waals surface area contributed by atoms with Crippen molar-refractivity contribution in [3.05, 3.63) is 0 Å². The summed E-state index contributed by atoms with van der Waals surface area (Å²) in [5, 5.41) is 35.3. The van der Waals surface area contributed by atoms with Crippen LogP contribution in [-0.4, -0.2) is 51.6 Å². The van der Waals surface area contributed by atoms with Gasteiger partial charge in [0.2, 0.25) is 5.79 Å². The molecule has 0 spiro atoms. The fourth-order valence-electron chi connectivity index (χ4n) is 0.846. The first-order valence-electron chi connectivity index (χ1n) is 2.93. The van der Waals surface area contributed by atoms with Crippen LogP contribution in [0.4, 0.5) is 0 Å². The third kappa shape index (κ3) is 1.02. The minimum Gasteiger partial charge on any atom is -0.391 e. The van der Waals surface area contributed by atoms with Crippen LogP contribution < -0.4 is 0 Å². The molecule has 1 aliphatic heterocycles. The third-order valence-electron chi connectivity index (χ3n) is 1.56. The van der Waals surface area contributed by atoms with Gasteiger partial charge in [-0.05, 0) is 0 Å². The highest BCUT2D eigenvalue weighted by atomic mass is 16.7. The molecule has 0 saturated carbocycles. The Kier molecular flexibility index (Phi) is 1.93. The summed E-state index contributed by atoms with van der Waals surface area (Å²) < 4.78 is 4.52. The Bertz CT molecular complexity index is 127. The number of hydrogen-bond acceptors (Lipinski definition) is 5. The maximum Gasteiger partial charge on any atom is 0.218 e. The van der Waals surface area contributed by atoms with Crippen LogP contribution >= 0.6 is 0 Å².